The highest BCUT2D eigenvalue weighted by atomic mass is 16.8. The zero-order valence-electron chi connectivity index (χ0n) is 25.8. The number of nitro groups is 1. The van der Waals surface area contributed by atoms with Gasteiger partial charge in [-0.1, -0.05) is 0 Å². The minimum Gasteiger partial charge on any atom is -0.506 e. The van der Waals surface area contributed by atoms with Crippen molar-refractivity contribution in [2.45, 2.75) is 76.5 Å². The number of hydrogen-bond donors (Lipinski definition) is 2. The highest BCUT2D eigenvalue weighted by Crippen LogP contribution is 2.39. The first-order valence-electron chi connectivity index (χ1n) is 14.6. The molecule has 2 aromatic carbocycles. The van der Waals surface area contributed by atoms with Gasteiger partial charge in [0.1, 0.15) is 28.9 Å². The van der Waals surface area contributed by atoms with E-state index in [0.717, 1.165) is 12.8 Å². The van der Waals surface area contributed by atoms with Crippen LogP contribution in [0.4, 0.5) is 10.5 Å². The largest absolute Gasteiger partial charge is 0.514 e. The molecule has 3 heterocycles. The summed E-state index contributed by atoms with van der Waals surface area (Å²) in [7, 11) is 1.40. The van der Waals surface area contributed by atoms with Crippen molar-refractivity contribution < 1.29 is 62.3 Å². The molecule has 5 rings (SSSR count). The van der Waals surface area contributed by atoms with E-state index < -0.39 is 70.5 Å². The first kappa shape index (κ1) is 33.6. The maximum Gasteiger partial charge on any atom is 0.514 e. The highest BCUT2D eigenvalue weighted by Gasteiger charge is 2.55. The summed E-state index contributed by atoms with van der Waals surface area (Å²) in [6.45, 7) is 5.32. The Labute approximate surface area is 266 Å². The SMILES string of the molecule is CO[C@@H]1[C@@H](OC(=O)Oc2ccc([N+](=O)[O-])cc2)[C@@H](OC2CCCCO2)[C@H](Oc2ccc3c(O)c(C(=O)O)c(=O)oc3c2C)OC1(C)C. The molecule has 0 aliphatic carbocycles. The van der Waals surface area contributed by atoms with Crippen molar-refractivity contribution in [1.29, 1.82) is 0 Å². The van der Waals surface area contributed by atoms with Crippen molar-refractivity contribution in [3.05, 3.63) is 68.1 Å². The Morgan fingerprint density at radius 3 is 2.43 bits per heavy atom. The van der Waals surface area contributed by atoms with Gasteiger partial charge in [0, 0.05) is 31.4 Å². The summed E-state index contributed by atoms with van der Waals surface area (Å²) in [5, 5.41) is 30.8. The van der Waals surface area contributed by atoms with Crippen molar-refractivity contribution in [1.82, 2.24) is 0 Å². The van der Waals surface area contributed by atoms with Crippen LogP contribution in [0.3, 0.4) is 0 Å². The molecule has 47 heavy (non-hydrogen) atoms. The summed E-state index contributed by atoms with van der Waals surface area (Å²) in [6.07, 6.45) is -4.35. The monoisotopic (exact) mass is 659 g/mol. The molecule has 0 amide bonds. The van der Waals surface area contributed by atoms with Gasteiger partial charge in [-0.15, -0.1) is 0 Å². The second kappa shape index (κ2) is 13.5. The van der Waals surface area contributed by atoms with Crippen LogP contribution in [0.15, 0.2) is 45.6 Å². The van der Waals surface area contributed by atoms with Gasteiger partial charge in [-0.25, -0.2) is 14.4 Å². The fraction of sp³-hybridized carbons (Fsp3) is 0.452. The zero-order valence-corrected chi connectivity index (χ0v) is 25.8. The van der Waals surface area contributed by atoms with Crippen LogP contribution in [0.1, 0.15) is 49.0 Å². The number of non-ortho nitro benzene ring substituents is 1. The maximum atomic E-state index is 13.1. The molecule has 2 aliphatic rings. The van der Waals surface area contributed by atoms with Crippen LogP contribution in [0.5, 0.6) is 17.2 Å². The fourth-order valence-electron chi connectivity index (χ4n) is 5.60. The van der Waals surface area contributed by atoms with E-state index in [2.05, 4.69) is 0 Å². The molecule has 3 aromatic rings. The Morgan fingerprint density at radius 2 is 1.81 bits per heavy atom. The normalized spacial score (nSPS) is 24.0. The summed E-state index contributed by atoms with van der Waals surface area (Å²) >= 11 is 0. The standard InChI is InChI=1S/C31H33NO15/c1-15-19(13-12-18-22(33)21(27(34)35)28(36)45-23(15)18)43-29-25(44-20-7-5-6-14-41-20)24(26(40-4)31(2,3)47-29)46-30(37)42-17-10-8-16(9-11-17)32(38)39/h8-13,20,24-26,29,33H,5-7,14H2,1-4H3,(H,34,35)/t20?,24-,25+,26+,29+/m0/s1. The van der Waals surface area contributed by atoms with E-state index in [0.29, 0.717) is 13.0 Å². The van der Waals surface area contributed by atoms with Crippen LogP contribution in [0.25, 0.3) is 11.0 Å². The predicted molar refractivity (Wildman–Crippen MR) is 159 cm³/mol. The Morgan fingerprint density at radius 1 is 1.09 bits per heavy atom. The third-order valence-corrected chi connectivity index (χ3v) is 7.88. The maximum absolute atomic E-state index is 13.1. The molecule has 252 valence electrons. The van der Waals surface area contributed by atoms with Crippen molar-refractivity contribution in [3.8, 4) is 17.2 Å². The number of carbonyl (C=O) groups is 2. The number of benzene rings is 2. The molecular formula is C31H33NO15. The Balaban J connectivity index is 1.49. The van der Waals surface area contributed by atoms with Gasteiger partial charge in [0.05, 0.1) is 15.9 Å². The molecular weight excluding hydrogens is 626 g/mol. The first-order valence-corrected chi connectivity index (χ1v) is 14.6. The number of nitro benzene ring substituents is 1. The quantitative estimate of drug-likeness (QED) is 0.107. The van der Waals surface area contributed by atoms with Gasteiger partial charge in [0.2, 0.25) is 6.29 Å². The lowest BCUT2D eigenvalue weighted by molar-refractivity contribution is -0.384. The second-order valence-electron chi connectivity index (χ2n) is 11.4. The van der Waals surface area contributed by atoms with E-state index in [4.69, 9.17) is 37.6 Å². The molecule has 0 bridgehead atoms. The lowest BCUT2D eigenvalue weighted by atomic mass is 9.89. The number of carbonyl (C=O) groups excluding carboxylic acids is 1. The van der Waals surface area contributed by atoms with E-state index in [1.165, 1.54) is 50.4 Å². The predicted octanol–water partition coefficient (Wildman–Crippen LogP) is 4.44. The van der Waals surface area contributed by atoms with E-state index >= 15 is 0 Å². The van der Waals surface area contributed by atoms with E-state index in [1.807, 2.05) is 0 Å². The van der Waals surface area contributed by atoms with Crippen LogP contribution < -0.4 is 15.1 Å². The van der Waals surface area contributed by atoms with Gasteiger partial charge < -0.3 is 47.8 Å². The fourth-order valence-corrected chi connectivity index (χ4v) is 5.60. The van der Waals surface area contributed by atoms with Crippen molar-refractivity contribution in [2.24, 2.45) is 0 Å². The highest BCUT2D eigenvalue weighted by molar-refractivity contribution is 5.98. The molecule has 2 fully saturated rings. The molecule has 0 radical (unpaired) electrons. The molecule has 5 atom stereocenters. The molecule has 2 N–H and O–H groups in total. The van der Waals surface area contributed by atoms with Gasteiger partial charge in [0.15, 0.2) is 24.1 Å². The zero-order chi connectivity index (χ0) is 34.0. The van der Waals surface area contributed by atoms with Crippen LogP contribution in [0.2, 0.25) is 0 Å². The van der Waals surface area contributed by atoms with Gasteiger partial charge in [-0.2, -0.15) is 0 Å². The number of aromatic hydroxyl groups is 1. The number of ether oxygens (including phenoxy) is 7. The van der Waals surface area contributed by atoms with Gasteiger partial charge in [0.25, 0.3) is 5.69 Å². The molecule has 0 spiro atoms. The van der Waals surface area contributed by atoms with Crippen molar-refractivity contribution in [3.63, 3.8) is 0 Å². The minimum absolute atomic E-state index is 0.00985. The second-order valence-corrected chi connectivity index (χ2v) is 11.4. The van der Waals surface area contributed by atoms with Crippen molar-refractivity contribution in [2.75, 3.05) is 13.7 Å². The minimum atomic E-state index is -1.65. The molecule has 1 unspecified atom stereocenters. The summed E-state index contributed by atoms with van der Waals surface area (Å²) in [4.78, 5) is 47.4. The summed E-state index contributed by atoms with van der Waals surface area (Å²) in [6, 6.07) is 7.58. The summed E-state index contributed by atoms with van der Waals surface area (Å²) in [5.41, 5.74) is -3.42. The Bertz CT molecular complexity index is 1710. The lowest BCUT2D eigenvalue weighted by Crippen LogP contribution is -2.66. The number of hydrogen-bond acceptors (Lipinski definition) is 14. The molecule has 1 aromatic heterocycles. The van der Waals surface area contributed by atoms with Crippen LogP contribution in [-0.4, -0.2) is 77.5 Å². The first-order chi connectivity index (χ1) is 22.3. The number of rotatable bonds is 9. The van der Waals surface area contributed by atoms with E-state index in [1.54, 1.807) is 13.8 Å². The smallest absolute Gasteiger partial charge is 0.506 e. The summed E-state index contributed by atoms with van der Waals surface area (Å²) in [5.74, 6) is -2.30. The number of fused-ring (bicyclic) bond motifs is 1. The van der Waals surface area contributed by atoms with Crippen molar-refractivity contribution >= 4 is 28.8 Å². The number of nitrogens with zero attached hydrogens (tertiary/aromatic N) is 1. The number of aryl methyl sites for hydroxylation is 1. The van der Waals surface area contributed by atoms with Gasteiger partial charge >= 0.3 is 17.8 Å². The average molecular weight is 660 g/mol. The van der Waals surface area contributed by atoms with Crippen LogP contribution >= 0.6 is 0 Å². The average Bonchev–Trinajstić information content (AvgIpc) is 3.01. The number of carboxylic acid groups (broad SMARTS) is 1. The Hall–Kier alpha value is -4.77. The molecule has 16 nitrogen and oxygen atoms in total. The van der Waals surface area contributed by atoms with Gasteiger partial charge in [-0.3, -0.25) is 10.1 Å². The summed E-state index contributed by atoms with van der Waals surface area (Å²) < 4.78 is 46.8. The molecule has 16 heteroatoms. The number of methoxy groups -OCH3 is 1. The van der Waals surface area contributed by atoms with Crippen LogP contribution in [0, 0.1) is 17.0 Å². The molecule has 2 saturated heterocycles. The van der Waals surface area contributed by atoms with Gasteiger partial charge in [-0.05, 0) is 64.3 Å². The third kappa shape index (κ3) is 7.00. The number of carboxylic acids is 1. The Kier molecular flexibility index (Phi) is 9.67. The topological polar surface area (TPSA) is 213 Å². The molecule has 0 saturated carbocycles. The van der Waals surface area contributed by atoms with Crippen LogP contribution in [-0.2, 0) is 23.7 Å². The molecule has 2 aliphatic heterocycles. The van der Waals surface area contributed by atoms with E-state index in [-0.39, 0.29) is 33.7 Å². The number of aromatic carboxylic acids is 1. The lowest BCUT2D eigenvalue weighted by Gasteiger charge is -2.49. The van der Waals surface area contributed by atoms with E-state index in [9.17, 15) is 34.7 Å². The third-order valence-electron chi connectivity index (χ3n) is 7.88.